The highest BCUT2D eigenvalue weighted by Crippen LogP contribution is 2.26. The van der Waals surface area contributed by atoms with E-state index in [1.807, 2.05) is 0 Å². The Hall–Kier alpha value is -0.690. The average Bonchev–Trinajstić information content (AvgIpc) is 3.05. The van der Waals surface area contributed by atoms with Crippen LogP contribution in [0.25, 0.3) is 0 Å². The Morgan fingerprint density at radius 2 is 1.88 bits per heavy atom. The number of rotatable bonds is 3. The summed E-state index contributed by atoms with van der Waals surface area (Å²) in [4.78, 5) is 21.9. The van der Waals surface area contributed by atoms with Gasteiger partial charge in [-0.25, -0.2) is 4.98 Å². The maximum Gasteiger partial charge on any atom is 0.225 e. The van der Waals surface area contributed by atoms with E-state index in [1.165, 1.54) is 10.7 Å². The summed E-state index contributed by atoms with van der Waals surface area (Å²) in [5.41, 5.74) is 1.30. The van der Waals surface area contributed by atoms with Gasteiger partial charge in [0.25, 0.3) is 0 Å². The van der Waals surface area contributed by atoms with E-state index in [2.05, 4.69) is 41.3 Å². The van der Waals surface area contributed by atoms with Crippen molar-refractivity contribution in [2.75, 3.05) is 39.3 Å². The summed E-state index contributed by atoms with van der Waals surface area (Å²) in [6.07, 6.45) is 1.99. The second-order valence-electron chi connectivity index (χ2n) is 8.02. The molecular weight excluding hydrogens is 356 g/mol. The Morgan fingerprint density at radius 3 is 2.44 bits per heavy atom. The van der Waals surface area contributed by atoms with Crippen LogP contribution in [0.4, 0.5) is 0 Å². The van der Waals surface area contributed by atoms with Gasteiger partial charge in [0.2, 0.25) is 5.91 Å². The number of piperazine rings is 1. The Labute approximate surface area is 161 Å². The van der Waals surface area contributed by atoms with Gasteiger partial charge in [-0.05, 0) is 25.9 Å². The number of nitrogens with zero attached hydrogens (tertiary/aromatic N) is 3. The first-order chi connectivity index (χ1) is 11.4. The minimum atomic E-state index is 0. The molecule has 0 radical (unpaired) electrons. The smallest absolute Gasteiger partial charge is 0.225 e. The lowest BCUT2D eigenvalue weighted by atomic mass is 9.96. The fourth-order valence-electron chi connectivity index (χ4n) is 3.41. The molecule has 1 amide bonds. The van der Waals surface area contributed by atoms with Crippen LogP contribution in [0.1, 0.15) is 44.3 Å². The summed E-state index contributed by atoms with van der Waals surface area (Å²) < 4.78 is 0. The SMILES string of the molecule is CC(C)(C)c1nc(CN2CCN(C(=O)C3CCNCC3)CC2)cs1.Cl. The van der Waals surface area contributed by atoms with Crippen LogP contribution < -0.4 is 5.32 Å². The minimum absolute atomic E-state index is 0. The maximum atomic E-state index is 12.6. The summed E-state index contributed by atoms with van der Waals surface area (Å²) >= 11 is 1.76. The van der Waals surface area contributed by atoms with Gasteiger partial charge in [0, 0.05) is 49.4 Å². The maximum absolute atomic E-state index is 12.6. The van der Waals surface area contributed by atoms with E-state index in [1.54, 1.807) is 11.3 Å². The van der Waals surface area contributed by atoms with Crippen LogP contribution in [-0.4, -0.2) is 60.0 Å². The molecule has 1 aromatic rings. The van der Waals surface area contributed by atoms with Gasteiger partial charge in [-0.15, -0.1) is 23.7 Å². The molecule has 2 aliphatic rings. The molecule has 0 unspecified atom stereocenters. The molecule has 7 heteroatoms. The Morgan fingerprint density at radius 1 is 1.24 bits per heavy atom. The lowest BCUT2D eigenvalue weighted by Gasteiger charge is -2.37. The first kappa shape index (κ1) is 20.6. The first-order valence-corrected chi connectivity index (χ1v) is 9.98. The number of thiazole rings is 1. The van der Waals surface area contributed by atoms with E-state index in [0.717, 1.165) is 58.7 Å². The van der Waals surface area contributed by atoms with Crippen molar-refractivity contribution in [2.45, 2.75) is 45.6 Å². The molecule has 0 saturated carbocycles. The molecule has 25 heavy (non-hydrogen) atoms. The van der Waals surface area contributed by atoms with Crippen molar-refractivity contribution in [3.63, 3.8) is 0 Å². The normalized spacial score (nSPS) is 20.4. The zero-order valence-electron chi connectivity index (χ0n) is 15.6. The molecule has 142 valence electrons. The first-order valence-electron chi connectivity index (χ1n) is 9.10. The molecule has 0 aromatic carbocycles. The molecule has 3 heterocycles. The second kappa shape index (κ2) is 8.80. The summed E-state index contributed by atoms with van der Waals surface area (Å²) in [5.74, 6) is 0.616. The van der Waals surface area contributed by atoms with Gasteiger partial charge < -0.3 is 10.2 Å². The highest BCUT2D eigenvalue weighted by atomic mass is 35.5. The van der Waals surface area contributed by atoms with Crippen LogP contribution >= 0.6 is 23.7 Å². The van der Waals surface area contributed by atoms with Crippen LogP contribution in [0.15, 0.2) is 5.38 Å². The highest BCUT2D eigenvalue weighted by molar-refractivity contribution is 7.09. The predicted octanol–water partition coefficient (Wildman–Crippen LogP) is 2.51. The lowest BCUT2D eigenvalue weighted by Crippen LogP contribution is -2.51. The highest BCUT2D eigenvalue weighted by Gasteiger charge is 2.28. The number of hydrogen-bond donors (Lipinski definition) is 1. The molecule has 2 aliphatic heterocycles. The van der Waals surface area contributed by atoms with Crippen molar-refractivity contribution < 1.29 is 4.79 Å². The van der Waals surface area contributed by atoms with Gasteiger partial charge in [-0.2, -0.15) is 0 Å². The topological polar surface area (TPSA) is 48.5 Å². The molecule has 0 aliphatic carbocycles. The van der Waals surface area contributed by atoms with Crippen LogP contribution in [0.2, 0.25) is 0 Å². The molecule has 0 atom stereocenters. The van der Waals surface area contributed by atoms with E-state index in [9.17, 15) is 4.79 Å². The van der Waals surface area contributed by atoms with Gasteiger partial charge in [-0.1, -0.05) is 20.8 Å². The van der Waals surface area contributed by atoms with Crippen molar-refractivity contribution in [1.29, 1.82) is 0 Å². The zero-order valence-corrected chi connectivity index (χ0v) is 17.2. The fourth-order valence-corrected chi connectivity index (χ4v) is 4.31. The monoisotopic (exact) mass is 386 g/mol. The number of hydrogen-bond acceptors (Lipinski definition) is 5. The van der Waals surface area contributed by atoms with E-state index < -0.39 is 0 Å². The zero-order chi connectivity index (χ0) is 17.2. The molecular formula is C18H31ClN4OS. The van der Waals surface area contributed by atoms with Gasteiger partial charge in [0.05, 0.1) is 10.7 Å². The van der Waals surface area contributed by atoms with Crippen molar-refractivity contribution in [3.8, 4) is 0 Å². The summed E-state index contributed by atoms with van der Waals surface area (Å²) in [5, 5.41) is 6.73. The Balaban J connectivity index is 0.00000225. The average molecular weight is 387 g/mol. The summed E-state index contributed by atoms with van der Waals surface area (Å²) in [6, 6.07) is 0. The Kier molecular flexibility index (Phi) is 7.26. The van der Waals surface area contributed by atoms with Gasteiger partial charge >= 0.3 is 0 Å². The standard InChI is InChI=1S/C18H30N4OS.ClH/c1-18(2,3)17-20-15(13-24-17)12-21-8-10-22(11-9-21)16(23)14-4-6-19-7-5-14;/h13-14,19H,4-12H2,1-3H3;1H. The van der Waals surface area contributed by atoms with E-state index in [-0.39, 0.29) is 23.7 Å². The summed E-state index contributed by atoms with van der Waals surface area (Å²) in [7, 11) is 0. The largest absolute Gasteiger partial charge is 0.340 e. The van der Waals surface area contributed by atoms with Crippen LogP contribution in [0.5, 0.6) is 0 Å². The van der Waals surface area contributed by atoms with Crippen molar-refractivity contribution in [1.82, 2.24) is 20.1 Å². The third-order valence-electron chi connectivity index (χ3n) is 4.95. The molecule has 1 aromatic heterocycles. The van der Waals surface area contributed by atoms with Gasteiger partial charge in [0.15, 0.2) is 0 Å². The number of aromatic nitrogens is 1. The number of piperidine rings is 1. The predicted molar refractivity (Wildman–Crippen MR) is 106 cm³/mol. The molecule has 0 bridgehead atoms. The van der Waals surface area contributed by atoms with Crippen LogP contribution in [0.3, 0.4) is 0 Å². The third-order valence-corrected chi connectivity index (χ3v) is 6.27. The summed E-state index contributed by atoms with van der Waals surface area (Å²) in [6.45, 7) is 13.1. The van der Waals surface area contributed by atoms with E-state index in [0.29, 0.717) is 5.91 Å². The molecule has 2 saturated heterocycles. The number of nitrogens with one attached hydrogen (secondary N) is 1. The van der Waals surface area contributed by atoms with Crippen molar-refractivity contribution in [2.24, 2.45) is 5.92 Å². The molecule has 2 fully saturated rings. The van der Waals surface area contributed by atoms with Gasteiger partial charge in [-0.3, -0.25) is 9.69 Å². The van der Waals surface area contributed by atoms with E-state index >= 15 is 0 Å². The van der Waals surface area contributed by atoms with Crippen molar-refractivity contribution in [3.05, 3.63) is 16.1 Å². The Bertz CT molecular complexity index is 558. The molecule has 5 nitrogen and oxygen atoms in total. The molecule has 1 N–H and O–H groups in total. The van der Waals surface area contributed by atoms with Gasteiger partial charge in [0.1, 0.15) is 0 Å². The number of carbonyl (C=O) groups is 1. The quantitative estimate of drug-likeness (QED) is 0.867. The third kappa shape index (κ3) is 5.39. The minimum Gasteiger partial charge on any atom is -0.340 e. The van der Waals surface area contributed by atoms with Crippen LogP contribution in [0, 0.1) is 5.92 Å². The lowest BCUT2D eigenvalue weighted by molar-refractivity contribution is -0.138. The molecule has 3 rings (SSSR count). The number of halogens is 1. The van der Waals surface area contributed by atoms with Crippen molar-refractivity contribution >= 4 is 29.7 Å². The second-order valence-corrected chi connectivity index (χ2v) is 8.88. The molecule has 0 spiro atoms. The van der Waals surface area contributed by atoms with Crippen LogP contribution in [-0.2, 0) is 16.8 Å². The number of carbonyl (C=O) groups excluding carboxylic acids is 1. The number of amides is 1. The fraction of sp³-hybridized carbons (Fsp3) is 0.778. The van der Waals surface area contributed by atoms with E-state index in [4.69, 9.17) is 4.98 Å².